The summed E-state index contributed by atoms with van der Waals surface area (Å²) in [5.74, 6) is 0.412. The summed E-state index contributed by atoms with van der Waals surface area (Å²) in [6.45, 7) is 0. The number of halogens is 2. The Balaban J connectivity index is 2.34. The number of rotatable bonds is 5. The Kier molecular flexibility index (Phi) is 5.10. The zero-order valence-electron chi connectivity index (χ0n) is 10.5. The van der Waals surface area contributed by atoms with Crippen molar-refractivity contribution in [3.8, 4) is 0 Å². The number of hydrogen-bond donors (Lipinski definition) is 0. The molecule has 1 heterocycles. The van der Waals surface area contributed by atoms with E-state index < -0.39 is 0 Å². The maximum atomic E-state index is 13.0. The fraction of sp³-hybridized carbons (Fsp3) is 0.188. The Hall–Kier alpha value is -1.67. The van der Waals surface area contributed by atoms with Crippen LogP contribution in [0.2, 0.25) is 0 Å². The van der Waals surface area contributed by atoms with Gasteiger partial charge in [-0.05, 0) is 42.2 Å². The maximum Gasteiger partial charge on any atom is 0.123 e. The van der Waals surface area contributed by atoms with Crippen molar-refractivity contribution in [1.29, 1.82) is 0 Å². The predicted molar refractivity (Wildman–Crippen MR) is 77.7 cm³/mol. The van der Waals surface area contributed by atoms with Crippen LogP contribution in [-0.2, 0) is 0 Å². The highest BCUT2D eigenvalue weighted by Crippen LogP contribution is 2.24. The number of nitrogens with zero attached hydrogens (tertiary/aromatic N) is 1. The van der Waals surface area contributed by atoms with Crippen molar-refractivity contribution in [2.75, 3.05) is 5.88 Å². The summed E-state index contributed by atoms with van der Waals surface area (Å²) < 4.78 is 13.0. The zero-order chi connectivity index (χ0) is 13.5. The van der Waals surface area contributed by atoms with Gasteiger partial charge in [-0.25, -0.2) is 4.39 Å². The third-order valence-corrected chi connectivity index (χ3v) is 3.08. The molecule has 0 atom stereocenters. The molecule has 0 unspecified atom stereocenters. The molecule has 1 aromatic carbocycles. The number of alkyl halides is 1. The molecule has 1 aromatic heterocycles. The van der Waals surface area contributed by atoms with E-state index in [1.165, 1.54) is 12.1 Å². The quantitative estimate of drug-likeness (QED) is 0.571. The average molecular weight is 276 g/mol. The second-order valence-electron chi connectivity index (χ2n) is 4.20. The number of allylic oxidation sites excluding steroid dienone is 1. The fourth-order valence-electron chi connectivity index (χ4n) is 1.88. The molecular weight excluding hydrogens is 261 g/mol. The Morgan fingerprint density at radius 2 is 1.95 bits per heavy atom. The zero-order valence-corrected chi connectivity index (χ0v) is 11.3. The average Bonchev–Trinajstić information content (AvgIpc) is 2.46. The minimum Gasteiger partial charge on any atom is -0.264 e. The number of pyridine rings is 1. The molecule has 1 nitrogen and oxygen atoms in total. The van der Waals surface area contributed by atoms with Crippen LogP contribution in [0.5, 0.6) is 0 Å². The first kappa shape index (κ1) is 13.8. The van der Waals surface area contributed by atoms with Crippen molar-refractivity contribution >= 4 is 17.2 Å². The topological polar surface area (TPSA) is 12.9 Å². The van der Waals surface area contributed by atoms with E-state index in [2.05, 4.69) is 11.1 Å². The highest BCUT2D eigenvalue weighted by molar-refractivity contribution is 6.17. The van der Waals surface area contributed by atoms with Gasteiger partial charge in [0.1, 0.15) is 5.82 Å². The molecule has 0 spiro atoms. The van der Waals surface area contributed by atoms with Gasteiger partial charge in [0.2, 0.25) is 0 Å². The third kappa shape index (κ3) is 3.90. The highest BCUT2D eigenvalue weighted by atomic mass is 35.5. The van der Waals surface area contributed by atoms with Gasteiger partial charge in [0, 0.05) is 23.8 Å². The lowest BCUT2D eigenvalue weighted by Gasteiger charge is -2.08. The van der Waals surface area contributed by atoms with Crippen molar-refractivity contribution < 1.29 is 4.39 Å². The highest BCUT2D eigenvalue weighted by Gasteiger charge is 2.05. The normalized spacial score (nSPS) is 11.6. The molecular formula is C16H15ClFN. The lowest BCUT2D eigenvalue weighted by molar-refractivity contribution is 0.627. The van der Waals surface area contributed by atoms with E-state index in [1.807, 2.05) is 18.3 Å². The van der Waals surface area contributed by atoms with Gasteiger partial charge in [-0.1, -0.05) is 24.3 Å². The summed E-state index contributed by atoms with van der Waals surface area (Å²) >= 11 is 5.71. The van der Waals surface area contributed by atoms with Crippen molar-refractivity contribution in [3.05, 3.63) is 71.8 Å². The fourth-order valence-corrected chi connectivity index (χ4v) is 2.03. The molecule has 0 aliphatic carbocycles. The molecule has 0 aliphatic heterocycles. The number of unbranched alkanes of at least 4 members (excludes halogenated alkanes) is 1. The lowest BCUT2D eigenvalue weighted by Crippen LogP contribution is -1.90. The largest absolute Gasteiger partial charge is 0.264 e. The van der Waals surface area contributed by atoms with E-state index in [9.17, 15) is 4.39 Å². The van der Waals surface area contributed by atoms with E-state index in [0.29, 0.717) is 5.88 Å². The van der Waals surface area contributed by atoms with E-state index in [0.717, 1.165) is 29.5 Å². The number of hydrogen-bond acceptors (Lipinski definition) is 1. The van der Waals surface area contributed by atoms with Crippen LogP contribution in [0.1, 0.15) is 24.0 Å². The molecule has 2 rings (SSSR count). The van der Waals surface area contributed by atoms with E-state index in [-0.39, 0.29) is 5.82 Å². The summed E-state index contributed by atoms with van der Waals surface area (Å²) in [7, 11) is 0. The molecule has 3 heteroatoms. The number of aromatic nitrogens is 1. The first-order valence-corrected chi connectivity index (χ1v) is 6.77. The van der Waals surface area contributed by atoms with E-state index >= 15 is 0 Å². The summed E-state index contributed by atoms with van der Waals surface area (Å²) in [5.41, 5.74) is 3.09. The minimum atomic E-state index is -0.227. The lowest BCUT2D eigenvalue weighted by atomic mass is 9.98. The molecule has 0 saturated heterocycles. The molecule has 0 fully saturated rings. The van der Waals surface area contributed by atoms with Crippen LogP contribution in [-0.4, -0.2) is 10.9 Å². The van der Waals surface area contributed by atoms with Gasteiger partial charge in [0.05, 0.1) is 0 Å². The third-order valence-electron chi connectivity index (χ3n) is 2.81. The molecule has 19 heavy (non-hydrogen) atoms. The summed E-state index contributed by atoms with van der Waals surface area (Å²) in [6, 6.07) is 10.4. The number of benzene rings is 1. The first-order chi connectivity index (χ1) is 9.31. The summed E-state index contributed by atoms with van der Waals surface area (Å²) in [6.07, 6.45) is 7.50. The molecule has 0 saturated carbocycles. The molecule has 0 N–H and O–H groups in total. The Morgan fingerprint density at radius 3 is 2.58 bits per heavy atom. The van der Waals surface area contributed by atoms with Crippen molar-refractivity contribution in [2.24, 2.45) is 0 Å². The SMILES string of the molecule is Fc1ccc(/C(=C\CCCCl)c2cccnc2)cc1. The molecule has 2 aromatic rings. The van der Waals surface area contributed by atoms with Gasteiger partial charge in [-0.2, -0.15) is 0 Å². The van der Waals surface area contributed by atoms with Crippen LogP contribution < -0.4 is 0 Å². The van der Waals surface area contributed by atoms with Gasteiger partial charge >= 0.3 is 0 Å². The van der Waals surface area contributed by atoms with Crippen LogP contribution in [0.15, 0.2) is 54.9 Å². The van der Waals surface area contributed by atoms with Gasteiger partial charge < -0.3 is 0 Å². The smallest absolute Gasteiger partial charge is 0.123 e. The molecule has 0 bridgehead atoms. The van der Waals surface area contributed by atoms with Crippen LogP contribution in [0, 0.1) is 5.82 Å². The predicted octanol–water partition coefficient (Wildman–Crippen LogP) is 4.67. The van der Waals surface area contributed by atoms with Crippen molar-refractivity contribution in [1.82, 2.24) is 4.98 Å². The van der Waals surface area contributed by atoms with Crippen molar-refractivity contribution in [3.63, 3.8) is 0 Å². The molecule has 0 amide bonds. The van der Waals surface area contributed by atoms with Gasteiger partial charge in [-0.15, -0.1) is 11.6 Å². The Morgan fingerprint density at radius 1 is 1.16 bits per heavy atom. The van der Waals surface area contributed by atoms with Crippen LogP contribution in [0.3, 0.4) is 0 Å². The summed E-state index contributed by atoms with van der Waals surface area (Å²) in [4.78, 5) is 4.14. The molecule has 0 radical (unpaired) electrons. The molecule has 0 aliphatic rings. The Labute approximate surface area is 117 Å². The van der Waals surface area contributed by atoms with Gasteiger partial charge in [0.25, 0.3) is 0 Å². The minimum absolute atomic E-state index is 0.227. The van der Waals surface area contributed by atoms with E-state index in [1.54, 1.807) is 18.3 Å². The van der Waals surface area contributed by atoms with Crippen molar-refractivity contribution in [2.45, 2.75) is 12.8 Å². The van der Waals surface area contributed by atoms with Gasteiger partial charge in [0.15, 0.2) is 0 Å². The van der Waals surface area contributed by atoms with Crippen LogP contribution in [0.25, 0.3) is 5.57 Å². The second kappa shape index (κ2) is 7.05. The second-order valence-corrected chi connectivity index (χ2v) is 4.58. The Bertz CT molecular complexity index is 534. The first-order valence-electron chi connectivity index (χ1n) is 6.23. The summed E-state index contributed by atoms with van der Waals surface area (Å²) in [5, 5.41) is 0. The standard InChI is InChI=1S/C16H15ClFN/c17-10-2-1-5-16(14-4-3-11-19-12-14)13-6-8-15(18)9-7-13/h3-9,11-12H,1-2,10H2/b16-5+. The van der Waals surface area contributed by atoms with Gasteiger partial charge in [-0.3, -0.25) is 4.98 Å². The van der Waals surface area contributed by atoms with Crippen LogP contribution in [0.4, 0.5) is 4.39 Å². The molecule has 98 valence electrons. The van der Waals surface area contributed by atoms with Crippen LogP contribution >= 0.6 is 11.6 Å². The monoisotopic (exact) mass is 275 g/mol. The van der Waals surface area contributed by atoms with E-state index in [4.69, 9.17) is 11.6 Å². The maximum absolute atomic E-state index is 13.0.